The van der Waals surface area contributed by atoms with Crippen LogP contribution < -0.4 is 11.1 Å². The highest BCUT2D eigenvalue weighted by molar-refractivity contribution is 9.10. The van der Waals surface area contributed by atoms with Crippen molar-refractivity contribution in [3.63, 3.8) is 0 Å². The van der Waals surface area contributed by atoms with Crippen molar-refractivity contribution in [3.8, 4) is 0 Å². The van der Waals surface area contributed by atoms with Gasteiger partial charge in [-0.1, -0.05) is 0 Å². The van der Waals surface area contributed by atoms with Crippen LogP contribution in [0.5, 0.6) is 0 Å². The number of carbonyl (C=O) groups is 2. The maximum absolute atomic E-state index is 12.2. The van der Waals surface area contributed by atoms with Gasteiger partial charge in [-0.05, 0) is 47.7 Å². The van der Waals surface area contributed by atoms with Crippen LogP contribution in [0.2, 0.25) is 0 Å². The molecule has 8 heteroatoms. The molecule has 0 aliphatic heterocycles. The molecule has 0 radical (unpaired) electrons. The molecule has 2 amide bonds. The van der Waals surface area contributed by atoms with Gasteiger partial charge in [0, 0.05) is 11.1 Å². The zero-order chi connectivity index (χ0) is 15.9. The summed E-state index contributed by atoms with van der Waals surface area (Å²) in [5.74, 6) is -0.704. The number of nitrogens with two attached hydrogens (primary N) is 1. The largest absolute Gasteiger partial charge is 0.365 e. The molecule has 6 nitrogen and oxygen atoms in total. The number of hydrogen-bond acceptors (Lipinski definition) is 4. The molecule has 0 saturated carbocycles. The van der Waals surface area contributed by atoms with Crippen LogP contribution in [0.1, 0.15) is 32.9 Å². The standard InChI is InChI=1S/C14H15BrN4O2S/c1-7-9(15)5-19(18-7)6-11(20)17-14-12(13(16)21)8-3-2-4-10(8)22-14/h5H,2-4,6H2,1H3,(H2,16,21)(H,17,20). The predicted molar refractivity (Wildman–Crippen MR) is 88.2 cm³/mol. The van der Waals surface area contributed by atoms with Crippen molar-refractivity contribution < 1.29 is 9.59 Å². The number of amides is 2. The van der Waals surface area contributed by atoms with Crippen LogP contribution in [0, 0.1) is 6.92 Å². The molecular formula is C14H15BrN4O2S. The lowest BCUT2D eigenvalue weighted by atomic mass is 10.1. The third-order valence-electron chi connectivity index (χ3n) is 3.61. The number of carbonyl (C=O) groups excluding carboxylic acids is 2. The van der Waals surface area contributed by atoms with Crippen LogP contribution in [-0.4, -0.2) is 21.6 Å². The molecule has 2 aromatic rings. The van der Waals surface area contributed by atoms with Crippen LogP contribution in [-0.2, 0) is 24.2 Å². The van der Waals surface area contributed by atoms with Crippen LogP contribution >= 0.6 is 27.3 Å². The highest BCUT2D eigenvalue weighted by atomic mass is 79.9. The van der Waals surface area contributed by atoms with Crippen molar-refractivity contribution in [1.82, 2.24) is 9.78 Å². The Morgan fingerprint density at radius 1 is 1.50 bits per heavy atom. The number of rotatable bonds is 4. The van der Waals surface area contributed by atoms with Gasteiger partial charge in [-0.15, -0.1) is 11.3 Å². The Morgan fingerprint density at radius 2 is 2.27 bits per heavy atom. The number of anilines is 1. The van der Waals surface area contributed by atoms with Crippen molar-refractivity contribution >= 4 is 44.1 Å². The smallest absolute Gasteiger partial charge is 0.251 e. The van der Waals surface area contributed by atoms with Gasteiger partial charge < -0.3 is 11.1 Å². The molecule has 116 valence electrons. The summed E-state index contributed by atoms with van der Waals surface area (Å²) in [6.45, 7) is 1.95. The summed E-state index contributed by atoms with van der Waals surface area (Å²) in [4.78, 5) is 25.0. The third-order valence-corrected chi connectivity index (χ3v) is 5.60. The van der Waals surface area contributed by atoms with E-state index in [-0.39, 0.29) is 12.5 Å². The number of thiophene rings is 1. The van der Waals surface area contributed by atoms with E-state index in [1.807, 2.05) is 6.92 Å². The number of hydrogen-bond donors (Lipinski definition) is 2. The molecule has 0 atom stereocenters. The highest BCUT2D eigenvalue weighted by Crippen LogP contribution is 2.38. The van der Waals surface area contributed by atoms with E-state index in [4.69, 9.17) is 5.73 Å². The van der Waals surface area contributed by atoms with E-state index in [9.17, 15) is 9.59 Å². The summed E-state index contributed by atoms with van der Waals surface area (Å²) in [6, 6.07) is 0. The first-order chi connectivity index (χ1) is 10.5. The second-order valence-electron chi connectivity index (χ2n) is 5.23. The summed E-state index contributed by atoms with van der Waals surface area (Å²) in [5.41, 5.74) is 7.78. The summed E-state index contributed by atoms with van der Waals surface area (Å²) >= 11 is 4.81. The average Bonchev–Trinajstić information content (AvgIpc) is 3.04. The quantitative estimate of drug-likeness (QED) is 0.849. The fourth-order valence-electron chi connectivity index (χ4n) is 2.64. The lowest BCUT2D eigenvalue weighted by molar-refractivity contribution is -0.116. The first kappa shape index (κ1) is 15.2. The van der Waals surface area contributed by atoms with Gasteiger partial charge in [-0.3, -0.25) is 14.3 Å². The van der Waals surface area contributed by atoms with E-state index in [1.165, 1.54) is 11.3 Å². The van der Waals surface area contributed by atoms with E-state index >= 15 is 0 Å². The van der Waals surface area contributed by atoms with Gasteiger partial charge in [0.25, 0.3) is 5.91 Å². The Balaban J connectivity index is 1.78. The van der Waals surface area contributed by atoms with E-state index in [1.54, 1.807) is 10.9 Å². The molecule has 0 bridgehead atoms. The number of nitrogens with one attached hydrogen (secondary N) is 1. The van der Waals surface area contributed by atoms with Crippen molar-refractivity contribution in [1.29, 1.82) is 0 Å². The minimum absolute atomic E-state index is 0.0905. The zero-order valence-corrected chi connectivity index (χ0v) is 14.4. The second kappa shape index (κ2) is 5.85. The van der Waals surface area contributed by atoms with Crippen molar-refractivity contribution in [2.24, 2.45) is 5.73 Å². The van der Waals surface area contributed by atoms with Crippen molar-refractivity contribution in [2.45, 2.75) is 32.7 Å². The van der Waals surface area contributed by atoms with Crippen LogP contribution in [0.25, 0.3) is 0 Å². The predicted octanol–water partition coefficient (Wildman–Crippen LogP) is 2.24. The number of fused-ring (bicyclic) bond motifs is 1. The summed E-state index contributed by atoms with van der Waals surface area (Å²) in [5, 5.41) is 7.58. The fraction of sp³-hybridized carbons (Fsp3) is 0.357. The van der Waals surface area contributed by atoms with Crippen LogP contribution in [0.3, 0.4) is 0 Å². The normalized spacial score (nSPS) is 13.2. The van der Waals surface area contributed by atoms with Gasteiger partial charge in [0.1, 0.15) is 11.5 Å². The number of aromatic nitrogens is 2. The minimum atomic E-state index is -0.479. The highest BCUT2D eigenvalue weighted by Gasteiger charge is 2.26. The van der Waals surface area contributed by atoms with Crippen LogP contribution in [0.4, 0.5) is 5.00 Å². The lowest BCUT2D eigenvalue weighted by Crippen LogP contribution is -2.21. The minimum Gasteiger partial charge on any atom is -0.365 e. The second-order valence-corrected chi connectivity index (χ2v) is 7.19. The molecule has 0 unspecified atom stereocenters. The Morgan fingerprint density at radius 3 is 2.91 bits per heavy atom. The van der Waals surface area contributed by atoms with Gasteiger partial charge in [0.05, 0.1) is 15.7 Å². The number of aryl methyl sites for hydroxylation is 2. The Bertz CT molecular complexity index is 746. The molecule has 2 aromatic heterocycles. The topological polar surface area (TPSA) is 90.0 Å². The molecule has 1 aliphatic carbocycles. The molecule has 1 aliphatic rings. The summed E-state index contributed by atoms with van der Waals surface area (Å²) in [7, 11) is 0. The van der Waals surface area contributed by atoms with Crippen molar-refractivity contribution in [2.75, 3.05) is 5.32 Å². The number of nitrogens with zero attached hydrogens (tertiary/aromatic N) is 2. The first-order valence-corrected chi connectivity index (χ1v) is 8.50. The number of primary amides is 1. The lowest BCUT2D eigenvalue weighted by Gasteiger charge is -2.06. The van der Waals surface area contributed by atoms with Gasteiger partial charge in [0.15, 0.2) is 0 Å². The molecule has 0 spiro atoms. The summed E-state index contributed by atoms with van der Waals surface area (Å²) in [6.07, 6.45) is 4.58. The molecule has 0 fully saturated rings. The Labute approximate surface area is 139 Å². The monoisotopic (exact) mass is 382 g/mol. The zero-order valence-electron chi connectivity index (χ0n) is 12.0. The molecule has 0 saturated heterocycles. The molecule has 22 heavy (non-hydrogen) atoms. The summed E-state index contributed by atoms with van der Waals surface area (Å²) < 4.78 is 2.41. The molecule has 3 N–H and O–H groups in total. The first-order valence-electron chi connectivity index (χ1n) is 6.89. The fourth-order valence-corrected chi connectivity index (χ4v) is 4.27. The van der Waals surface area contributed by atoms with Gasteiger partial charge >= 0.3 is 0 Å². The Hall–Kier alpha value is -1.67. The maximum Gasteiger partial charge on any atom is 0.251 e. The third kappa shape index (κ3) is 2.80. The average molecular weight is 383 g/mol. The molecule has 0 aromatic carbocycles. The maximum atomic E-state index is 12.2. The SMILES string of the molecule is Cc1nn(CC(=O)Nc2sc3c(c2C(N)=O)CCC3)cc1Br. The van der Waals surface area contributed by atoms with E-state index in [0.717, 1.165) is 39.9 Å². The molecular weight excluding hydrogens is 368 g/mol. The van der Waals surface area contributed by atoms with Gasteiger partial charge in [-0.25, -0.2) is 0 Å². The van der Waals surface area contributed by atoms with Crippen LogP contribution in [0.15, 0.2) is 10.7 Å². The molecule has 3 rings (SSSR count). The van der Waals surface area contributed by atoms with E-state index in [0.29, 0.717) is 10.6 Å². The van der Waals surface area contributed by atoms with Gasteiger partial charge in [-0.2, -0.15) is 5.10 Å². The van der Waals surface area contributed by atoms with E-state index in [2.05, 4.69) is 26.3 Å². The van der Waals surface area contributed by atoms with Crippen molar-refractivity contribution in [3.05, 3.63) is 32.4 Å². The Kier molecular flexibility index (Phi) is 4.05. The number of halogens is 1. The van der Waals surface area contributed by atoms with E-state index < -0.39 is 5.91 Å². The molecule has 2 heterocycles. The van der Waals surface area contributed by atoms with Gasteiger partial charge in [0.2, 0.25) is 5.91 Å².